The van der Waals surface area contributed by atoms with Crippen LogP contribution in [0.15, 0.2) is 0 Å². The van der Waals surface area contributed by atoms with Crippen LogP contribution in [0.3, 0.4) is 0 Å². The first-order chi connectivity index (χ1) is 10.2. The minimum Gasteiger partial charge on any atom is -0.378 e. The summed E-state index contributed by atoms with van der Waals surface area (Å²) in [5.74, 6) is 0.786. The van der Waals surface area contributed by atoms with E-state index in [1.807, 2.05) is 0 Å². The summed E-state index contributed by atoms with van der Waals surface area (Å²) >= 11 is 1.74. The molecular formula is C15H26N4OS. The second-order valence-electron chi connectivity index (χ2n) is 6.19. The first kappa shape index (κ1) is 15.2. The lowest BCUT2D eigenvalue weighted by Gasteiger charge is -2.45. The maximum Gasteiger partial charge on any atom is 0.185 e. The molecule has 2 saturated heterocycles. The minimum atomic E-state index is 0.555. The van der Waals surface area contributed by atoms with Crippen molar-refractivity contribution in [1.82, 2.24) is 9.88 Å². The van der Waals surface area contributed by atoms with Gasteiger partial charge in [0.1, 0.15) is 0 Å². The van der Waals surface area contributed by atoms with Gasteiger partial charge in [0, 0.05) is 37.7 Å². The van der Waals surface area contributed by atoms with Crippen LogP contribution < -0.4 is 10.6 Å². The number of methoxy groups -OCH3 is 1. The number of aromatic nitrogens is 1. The van der Waals surface area contributed by atoms with Crippen molar-refractivity contribution >= 4 is 16.5 Å². The maximum absolute atomic E-state index is 5.84. The fourth-order valence-corrected chi connectivity index (χ4v) is 4.72. The zero-order valence-corrected chi connectivity index (χ0v) is 13.9. The van der Waals surface area contributed by atoms with Crippen molar-refractivity contribution in [2.45, 2.75) is 38.5 Å². The van der Waals surface area contributed by atoms with Crippen LogP contribution in [0.2, 0.25) is 0 Å². The SMILES string of the molecule is COCc1nc(N2CCC3C(CCCN3C)C2)sc1CN. The standard InChI is InChI=1S/C15H26N4OS/c1-18-6-3-4-11-9-19(7-5-13(11)18)15-17-12(10-20-2)14(8-16)21-15/h11,13H,3-10,16H2,1-2H3. The molecular weight excluding hydrogens is 284 g/mol. The van der Waals surface area contributed by atoms with Crippen LogP contribution in [0.1, 0.15) is 29.8 Å². The molecule has 2 atom stereocenters. The fourth-order valence-electron chi connectivity index (χ4n) is 3.74. The zero-order chi connectivity index (χ0) is 14.8. The van der Waals surface area contributed by atoms with E-state index in [0.29, 0.717) is 13.2 Å². The summed E-state index contributed by atoms with van der Waals surface area (Å²) in [5.41, 5.74) is 6.85. The summed E-state index contributed by atoms with van der Waals surface area (Å²) < 4.78 is 5.23. The molecule has 3 heterocycles. The normalized spacial score (nSPS) is 26.9. The Balaban J connectivity index is 1.73. The van der Waals surface area contributed by atoms with E-state index in [1.165, 1.54) is 25.8 Å². The molecule has 2 fully saturated rings. The van der Waals surface area contributed by atoms with Crippen LogP contribution in [-0.4, -0.2) is 49.7 Å². The molecule has 0 saturated carbocycles. The molecule has 6 heteroatoms. The Kier molecular flexibility index (Phi) is 4.78. The number of hydrogen-bond donors (Lipinski definition) is 1. The molecule has 1 aromatic rings. The summed E-state index contributed by atoms with van der Waals surface area (Å²) in [5, 5.41) is 1.13. The van der Waals surface area contributed by atoms with Crippen molar-refractivity contribution in [1.29, 1.82) is 0 Å². The van der Waals surface area contributed by atoms with E-state index in [0.717, 1.165) is 40.8 Å². The van der Waals surface area contributed by atoms with E-state index < -0.39 is 0 Å². The first-order valence-corrected chi connectivity index (χ1v) is 8.67. The molecule has 5 nitrogen and oxygen atoms in total. The lowest BCUT2D eigenvalue weighted by atomic mass is 9.84. The van der Waals surface area contributed by atoms with Gasteiger partial charge in [-0.15, -0.1) is 11.3 Å². The average Bonchev–Trinajstić information content (AvgIpc) is 2.91. The Hall–Kier alpha value is -0.690. The van der Waals surface area contributed by atoms with E-state index in [1.54, 1.807) is 18.4 Å². The van der Waals surface area contributed by atoms with E-state index >= 15 is 0 Å². The fraction of sp³-hybridized carbons (Fsp3) is 0.800. The quantitative estimate of drug-likeness (QED) is 0.917. The molecule has 21 heavy (non-hydrogen) atoms. The predicted octanol–water partition coefficient (Wildman–Crippen LogP) is 1.67. The molecule has 3 rings (SSSR count). The number of nitrogens with two attached hydrogens (primary N) is 1. The van der Waals surface area contributed by atoms with E-state index in [9.17, 15) is 0 Å². The molecule has 1 aromatic heterocycles. The van der Waals surface area contributed by atoms with Crippen LogP contribution in [0.5, 0.6) is 0 Å². The number of hydrogen-bond acceptors (Lipinski definition) is 6. The number of piperidine rings is 2. The number of anilines is 1. The highest BCUT2D eigenvalue weighted by Gasteiger charge is 2.35. The van der Waals surface area contributed by atoms with Gasteiger partial charge in [0.05, 0.1) is 12.3 Å². The van der Waals surface area contributed by atoms with Crippen LogP contribution >= 0.6 is 11.3 Å². The van der Waals surface area contributed by atoms with Crippen molar-refractivity contribution in [3.63, 3.8) is 0 Å². The lowest BCUT2D eigenvalue weighted by molar-refractivity contribution is 0.102. The first-order valence-electron chi connectivity index (χ1n) is 7.85. The minimum absolute atomic E-state index is 0.555. The Bertz CT molecular complexity index is 478. The summed E-state index contributed by atoms with van der Waals surface area (Å²) in [6.45, 7) is 4.62. The molecule has 0 aromatic carbocycles. The second-order valence-corrected chi connectivity index (χ2v) is 7.25. The topological polar surface area (TPSA) is 54.6 Å². The molecule has 0 amide bonds. The van der Waals surface area contributed by atoms with Crippen molar-refractivity contribution in [3.05, 3.63) is 10.6 Å². The highest BCUT2D eigenvalue weighted by Crippen LogP contribution is 2.34. The molecule has 2 N–H and O–H groups in total. The third-order valence-electron chi connectivity index (χ3n) is 4.85. The molecule has 2 unspecified atom stereocenters. The third-order valence-corrected chi connectivity index (χ3v) is 6.03. The summed E-state index contributed by atoms with van der Waals surface area (Å²) in [4.78, 5) is 11.0. The van der Waals surface area contributed by atoms with Gasteiger partial charge in [0.25, 0.3) is 0 Å². The molecule has 0 aliphatic carbocycles. The van der Waals surface area contributed by atoms with Crippen LogP contribution in [0.4, 0.5) is 5.13 Å². The molecule has 2 aliphatic heterocycles. The van der Waals surface area contributed by atoms with Crippen LogP contribution in [0, 0.1) is 5.92 Å². The molecule has 0 radical (unpaired) electrons. The van der Waals surface area contributed by atoms with E-state index in [4.69, 9.17) is 15.5 Å². The van der Waals surface area contributed by atoms with Crippen LogP contribution in [-0.2, 0) is 17.9 Å². The van der Waals surface area contributed by atoms with Crippen molar-refractivity contribution in [2.24, 2.45) is 11.7 Å². The molecule has 0 spiro atoms. The Morgan fingerprint density at radius 3 is 3.00 bits per heavy atom. The monoisotopic (exact) mass is 310 g/mol. The van der Waals surface area contributed by atoms with E-state index in [-0.39, 0.29) is 0 Å². The Morgan fingerprint density at radius 1 is 1.38 bits per heavy atom. The largest absolute Gasteiger partial charge is 0.378 e. The van der Waals surface area contributed by atoms with Gasteiger partial charge in [-0.25, -0.2) is 4.98 Å². The summed E-state index contributed by atoms with van der Waals surface area (Å²) in [6.07, 6.45) is 3.93. The van der Waals surface area contributed by atoms with Crippen molar-refractivity contribution < 1.29 is 4.74 Å². The van der Waals surface area contributed by atoms with Gasteiger partial charge >= 0.3 is 0 Å². The maximum atomic E-state index is 5.84. The van der Waals surface area contributed by atoms with Gasteiger partial charge in [-0.3, -0.25) is 0 Å². The molecule has 118 valence electrons. The highest BCUT2D eigenvalue weighted by atomic mass is 32.1. The van der Waals surface area contributed by atoms with Crippen molar-refractivity contribution in [3.8, 4) is 0 Å². The zero-order valence-electron chi connectivity index (χ0n) is 13.0. The van der Waals surface area contributed by atoms with Gasteiger partial charge in [-0.2, -0.15) is 0 Å². The Morgan fingerprint density at radius 2 is 2.24 bits per heavy atom. The van der Waals surface area contributed by atoms with Crippen molar-refractivity contribution in [2.75, 3.05) is 38.7 Å². The van der Waals surface area contributed by atoms with Gasteiger partial charge in [0.15, 0.2) is 5.13 Å². The average molecular weight is 310 g/mol. The van der Waals surface area contributed by atoms with E-state index in [2.05, 4.69) is 16.8 Å². The summed E-state index contributed by atoms with van der Waals surface area (Å²) in [7, 11) is 3.99. The molecule has 0 bridgehead atoms. The Labute approximate surface area is 131 Å². The van der Waals surface area contributed by atoms with Gasteiger partial charge in [-0.1, -0.05) is 0 Å². The lowest BCUT2D eigenvalue weighted by Crippen LogP contribution is -2.52. The number of thiazole rings is 1. The molecule has 2 aliphatic rings. The number of nitrogens with zero attached hydrogens (tertiary/aromatic N) is 3. The summed E-state index contributed by atoms with van der Waals surface area (Å²) in [6, 6.07) is 0.766. The van der Waals surface area contributed by atoms with Gasteiger partial charge < -0.3 is 20.3 Å². The van der Waals surface area contributed by atoms with Gasteiger partial charge in [0.2, 0.25) is 0 Å². The number of rotatable bonds is 4. The predicted molar refractivity (Wildman–Crippen MR) is 86.7 cm³/mol. The number of likely N-dealkylation sites (tertiary alicyclic amines) is 1. The van der Waals surface area contributed by atoms with Crippen LogP contribution in [0.25, 0.3) is 0 Å². The number of ether oxygens (including phenoxy) is 1. The second kappa shape index (κ2) is 6.60. The third kappa shape index (κ3) is 3.08. The van der Waals surface area contributed by atoms with Gasteiger partial charge in [-0.05, 0) is 38.8 Å². The smallest absolute Gasteiger partial charge is 0.185 e. The highest BCUT2D eigenvalue weighted by molar-refractivity contribution is 7.15. The number of fused-ring (bicyclic) bond motifs is 1.